The SMILES string of the molecule is NC(=O)C(CC1CCCc2c(OC(=O)CO)cccc21)N=C(c1ccccc1)c1ccccc1. The van der Waals surface area contributed by atoms with E-state index in [1.807, 2.05) is 72.8 Å². The van der Waals surface area contributed by atoms with Gasteiger partial charge in [-0.2, -0.15) is 0 Å². The summed E-state index contributed by atoms with van der Waals surface area (Å²) in [4.78, 5) is 29.1. The zero-order chi connectivity index (χ0) is 23.9. The number of hydrogen-bond acceptors (Lipinski definition) is 5. The molecule has 0 saturated carbocycles. The Hall–Kier alpha value is -3.77. The van der Waals surface area contributed by atoms with Crippen LogP contribution < -0.4 is 10.5 Å². The minimum Gasteiger partial charge on any atom is -0.425 e. The van der Waals surface area contributed by atoms with Crippen LogP contribution in [0.25, 0.3) is 0 Å². The number of amides is 1. The van der Waals surface area contributed by atoms with E-state index in [4.69, 9.17) is 20.6 Å². The maximum Gasteiger partial charge on any atom is 0.337 e. The summed E-state index contributed by atoms with van der Waals surface area (Å²) in [7, 11) is 0. The second-order valence-electron chi connectivity index (χ2n) is 8.41. The highest BCUT2D eigenvalue weighted by atomic mass is 16.5. The molecular formula is C28H28N2O4. The maximum atomic E-state index is 12.6. The van der Waals surface area contributed by atoms with E-state index in [0.717, 1.165) is 47.2 Å². The third kappa shape index (κ3) is 5.41. The first-order valence-corrected chi connectivity index (χ1v) is 11.5. The number of fused-ring (bicyclic) bond motifs is 1. The molecule has 3 aromatic rings. The Morgan fingerprint density at radius 2 is 1.62 bits per heavy atom. The van der Waals surface area contributed by atoms with Gasteiger partial charge in [0.05, 0.1) is 5.71 Å². The average Bonchev–Trinajstić information content (AvgIpc) is 2.87. The number of nitrogens with two attached hydrogens (primary N) is 1. The van der Waals surface area contributed by atoms with Crippen molar-refractivity contribution in [2.45, 2.75) is 37.6 Å². The summed E-state index contributed by atoms with van der Waals surface area (Å²) >= 11 is 0. The molecule has 0 aliphatic heterocycles. The summed E-state index contributed by atoms with van der Waals surface area (Å²) < 4.78 is 5.33. The van der Waals surface area contributed by atoms with Crippen molar-refractivity contribution >= 4 is 17.6 Å². The molecule has 2 atom stereocenters. The predicted octanol–water partition coefficient (Wildman–Crippen LogP) is 3.79. The number of benzene rings is 3. The monoisotopic (exact) mass is 456 g/mol. The number of hydrogen-bond donors (Lipinski definition) is 2. The van der Waals surface area contributed by atoms with Crippen molar-refractivity contribution in [3.8, 4) is 5.75 Å². The fraction of sp³-hybridized carbons (Fsp3) is 0.250. The highest BCUT2D eigenvalue weighted by Crippen LogP contribution is 2.39. The molecule has 2 unspecified atom stereocenters. The zero-order valence-electron chi connectivity index (χ0n) is 18.9. The van der Waals surface area contributed by atoms with Crippen LogP contribution in [0.2, 0.25) is 0 Å². The van der Waals surface area contributed by atoms with Gasteiger partial charge in [0, 0.05) is 11.1 Å². The molecule has 0 bridgehead atoms. The fourth-order valence-corrected chi connectivity index (χ4v) is 4.57. The minimum absolute atomic E-state index is 0.0468. The first kappa shape index (κ1) is 23.4. The second-order valence-corrected chi connectivity index (χ2v) is 8.41. The molecule has 34 heavy (non-hydrogen) atoms. The van der Waals surface area contributed by atoms with E-state index in [0.29, 0.717) is 12.2 Å². The summed E-state index contributed by atoms with van der Waals surface area (Å²) in [6.07, 6.45) is 3.01. The third-order valence-corrected chi connectivity index (χ3v) is 6.16. The van der Waals surface area contributed by atoms with Crippen molar-refractivity contribution in [2.24, 2.45) is 10.7 Å². The molecule has 3 N–H and O–H groups in total. The molecule has 1 aliphatic rings. The van der Waals surface area contributed by atoms with Crippen molar-refractivity contribution < 1.29 is 19.4 Å². The van der Waals surface area contributed by atoms with Crippen molar-refractivity contribution in [2.75, 3.05) is 6.61 Å². The Balaban J connectivity index is 1.68. The van der Waals surface area contributed by atoms with Gasteiger partial charge in [-0.1, -0.05) is 72.8 Å². The number of nitrogens with zero attached hydrogens (tertiary/aromatic N) is 1. The van der Waals surface area contributed by atoms with Crippen LogP contribution in [0.5, 0.6) is 5.75 Å². The number of aliphatic imine (C=N–C) groups is 1. The van der Waals surface area contributed by atoms with E-state index in [2.05, 4.69) is 0 Å². The van der Waals surface area contributed by atoms with Crippen LogP contribution in [0.4, 0.5) is 0 Å². The highest BCUT2D eigenvalue weighted by Gasteiger charge is 2.28. The first-order chi connectivity index (χ1) is 16.6. The summed E-state index contributed by atoms with van der Waals surface area (Å²) in [5.41, 5.74) is 10.4. The Morgan fingerprint density at radius 1 is 0.971 bits per heavy atom. The molecule has 0 aromatic heterocycles. The number of esters is 1. The van der Waals surface area contributed by atoms with E-state index < -0.39 is 24.5 Å². The lowest BCUT2D eigenvalue weighted by Crippen LogP contribution is -2.31. The lowest BCUT2D eigenvalue weighted by atomic mass is 9.79. The number of carbonyl (C=O) groups excluding carboxylic acids is 2. The number of aliphatic hydroxyl groups excluding tert-OH is 1. The van der Waals surface area contributed by atoms with Crippen molar-refractivity contribution in [3.05, 3.63) is 101 Å². The Morgan fingerprint density at radius 3 is 2.21 bits per heavy atom. The average molecular weight is 457 g/mol. The van der Waals surface area contributed by atoms with Gasteiger partial charge in [0.15, 0.2) is 0 Å². The molecule has 174 valence electrons. The largest absolute Gasteiger partial charge is 0.425 e. The first-order valence-electron chi connectivity index (χ1n) is 11.5. The lowest BCUT2D eigenvalue weighted by Gasteiger charge is -2.28. The van der Waals surface area contributed by atoms with Gasteiger partial charge in [0.25, 0.3) is 0 Å². The van der Waals surface area contributed by atoms with Crippen LogP contribution in [0.15, 0.2) is 83.9 Å². The van der Waals surface area contributed by atoms with Gasteiger partial charge in [-0.3, -0.25) is 9.79 Å². The van der Waals surface area contributed by atoms with Crippen molar-refractivity contribution in [1.82, 2.24) is 0 Å². The molecule has 3 aromatic carbocycles. The molecule has 0 heterocycles. The second kappa shape index (κ2) is 10.9. The summed E-state index contributed by atoms with van der Waals surface area (Å²) in [6.45, 7) is -0.673. The van der Waals surface area contributed by atoms with Crippen LogP contribution in [0.1, 0.15) is 47.4 Å². The Labute approximate surface area is 199 Å². The molecule has 1 amide bonds. The van der Waals surface area contributed by atoms with E-state index in [-0.39, 0.29) is 5.92 Å². The van der Waals surface area contributed by atoms with Crippen LogP contribution in [-0.4, -0.2) is 35.3 Å². The zero-order valence-corrected chi connectivity index (χ0v) is 18.9. The number of ether oxygens (including phenoxy) is 1. The topological polar surface area (TPSA) is 102 Å². The molecule has 6 nitrogen and oxygen atoms in total. The minimum atomic E-state index is -0.713. The van der Waals surface area contributed by atoms with E-state index in [9.17, 15) is 9.59 Å². The van der Waals surface area contributed by atoms with Gasteiger partial charge in [-0.25, -0.2) is 4.79 Å². The molecule has 4 rings (SSSR count). The molecule has 0 saturated heterocycles. The smallest absolute Gasteiger partial charge is 0.337 e. The predicted molar refractivity (Wildman–Crippen MR) is 131 cm³/mol. The number of primary amides is 1. The number of aliphatic hydroxyl groups is 1. The van der Waals surface area contributed by atoms with Gasteiger partial charge in [-0.05, 0) is 48.8 Å². The van der Waals surface area contributed by atoms with Crippen LogP contribution >= 0.6 is 0 Å². The fourth-order valence-electron chi connectivity index (χ4n) is 4.57. The summed E-state index contributed by atoms with van der Waals surface area (Å²) in [6, 6.07) is 24.4. The standard InChI is InChI=1S/C28H28N2O4/c29-28(33)24(30-27(19-9-3-1-4-10-19)20-11-5-2-6-12-20)17-21-13-7-15-23-22(21)14-8-16-25(23)34-26(32)18-31/h1-6,8-12,14,16,21,24,31H,7,13,15,17-18H2,(H2,29,33). The normalized spacial score (nSPS) is 15.6. The molecule has 0 radical (unpaired) electrons. The van der Waals surface area contributed by atoms with Gasteiger partial charge in [-0.15, -0.1) is 0 Å². The molecule has 1 aliphatic carbocycles. The van der Waals surface area contributed by atoms with Crippen LogP contribution in [-0.2, 0) is 16.0 Å². The van der Waals surface area contributed by atoms with Crippen LogP contribution in [0, 0.1) is 0 Å². The Bertz CT molecular complexity index is 1130. The molecule has 0 fully saturated rings. The van der Waals surface area contributed by atoms with E-state index in [1.165, 1.54) is 0 Å². The van der Waals surface area contributed by atoms with Crippen LogP contribution in [0.3, 0.4) is 0 Å². The third-order valence-electron chi connectivity index (χ3n) is 6.16. The highest BCUT2D eigenvalue weighted by molar-refractivity contribution is 6.13. The van der Waals surface area contributed by atoms with Crippen molar-refractivity contribution in [3.63, 3.8) is 0 Å². The van der Waals surface area contributed by atoms with Gasteiger partial charge in [0.2, 0.25) is 5.91 Å². The molecular weight excluding hydrogens is 428 g/mol. The summed E-state index contributed by atoms with van der Waals surface area (Å²) in [5.74, 6) is -0.648. The van der Waals surface area contributed by atoms with E-state index in [1.54, 1.807) is 6.07 Å². The maximum absolute atomic E-state index is 12.6. The van der Waals surface area contributed by atoms with Gasteiger partial charge < -0.3 is 15.6 Å². The van der Waals surface area contributed by atoms with Crippen molar-refractivity contribution in [1.29, 1.82) is 0 Å². The Kier molecular flexibility index (Phi) is 7.50. The quantitative estimate of drug-likeness (QED) is 0.306. The van der Waals surface area contributed by atoms with Gasteiger partial charge in [0.1, 0.15) is 18.4 Å². The molecule has 6 heteroatoms. The summed E-state index contributed by atoms with van der Waals surface area (Å²) in [5, 5.41) is 9.06. The number of rotatable bonds is 8. The molecule has 0 spiro atoms. The van der Waals surface area contributed by atoms with Gasteiger partial charge >= 0.3 is 5.97 Å². The van der Waals surface area contributed by atoms with E-state index >= 15 is 0 Å². The lowest BCUT2D eigenvalue weighted by molar-refractivity contribution is -0.137. The number of carbonyl (C=O) groups is 2.